The van der Waals surface area contributed by atoms with Crippen molar-refractivity contribution in [3.05, 3.63) is 29.8 Å². The molecule has 1 aromatic carbocycles. The SMILES string of the molecule is [2H]c1cc(CC(C)C)cc(OC(=O)CC(C)C)c1. The summed E-state index contributed by atoms with van der Waals surface area (Å²) >= 11 is 0. The fraction of sp³-hybridized carbons (Fsp3) is 0.533. The Morgan fingerprint density at radius 3 is 2.59 bits per heavy atom. The van der Waals surface area contributed by atoms with Crippen molar-refractivity contribution >= 4 is 5.97 Å². The predicted octanol–water partition coefficient (Wildman–Crippen LogP) is 3.84. The first-order chi connectivity index (χ1) is 8.36. The Morgan fingerprint density at radius 2 is 2.00 bits per heavy atom. The Morgan fingerprint density at radius 1 is 1.29 bits per heavy atom. The molecule has 1 rings (SSSR count). The van der Waals surface area contributed by atoms with Crippen LogP contribution in [0.15, 0.2) is 24.2 Å². The van der Waals surface area contributed by atoms with E-state index < -0.39 is 0 Å². The Balaban J connectivity index is 2.76. The summed E-state index contributed by atoms with van der Waals surface area (Å²) in [5.41, 5.74) is 1.05. The van der Waals surface area contributed by atoms with E-state index in [-0.39, 0.29) is 11.9 Å². The first-order valence-corrected chi connectivity index (χ1v) is 6.18. The van der Waals surface area contributed by atoms with Crippen LogP contribution in [0.3, 0.4) is 0 Å². The molecule has 0 N–H and O–H groups in total. The minimum absolute atomic E-state index is 0.230. The van der Waals surface area contributed by atoms with Gasteiger partial charge in [-0.25, -0.2) is 0 Å². The van der Waals surface area contributed by atoms with Crippen LogP contribution in [0, 0.1) is 11.8 Å². The van der Waals surface area contributed by atoms with E-state index in [1.807, 2.05) is 26.0 Å². The van der Waals surface area contributed by atoms with E-state index in [1.54, 1.807) is 6.07 Å². The molecule has 0 aliphatic rings. The number of hydrogen-bond acceptors (Lipinski definition) is 2. The largest absolute Gasteiger partial charge is 0.427 e. The molecule has 0 bridgehead atoms. The zero-order chi connectivity index (χ0) is 13.7. The van der Waals surface area contributed by atoms with Crippen molar-refractivity contribution in [2.45, 2.75) is 40.5 Å². The van der Waals surface area contributed by atoms with Gasteiger partial charge in [0.2, 0.25) is 0 Å². The van der Waals surface area contributed by atoms with E-state index in [4.69, 9.17) is 6.11 Å². The summed E-state index contributed by atoms with van der Waals surface area (Å²) in [5.74, 6) is 1.06. The van der Waals surface area contributed by atoms with Gasteiger partial charge in [0.1, 0.15) is 5.75 Å². The highest BCUT2D eigenvalue weighted by Crippen LogP contribution is 2.17. The number of benzene rings is 1. The molecule has 0 fully saturated rings. The smallest absolute Gasteiger partial charge is 0.311 e. The fourth-order valence-electron chi connectivity index (χ4n) is 1.65. The first-order valence-electron chi connectivity index (χ1n) is 6.68. The quantitative estimate of drug-likeness (QED) is 0.572. The highest BCUT2D eigenvalue weighted by molar-refractivity contribution is 5.72. The summed E-state index contributed by atoms with van der Waals surface area (Å²) in [6.07, 6.45) is 1.29. The van der Waals surface area contributed by atoms with Crippen LogP contribution in [0.2, 0.25) is 0 Å². The van der Waals surface area contributed by atoms with Crippen molar-refractivity contribution in [3.63, 3.8) is 0 Å². The van der Waals surface area contributed by atoms with Gasteiger partial charge < -0.3 is 4.74 Å². The molecule has 0 aromatic heterocycles. The van der Waals surface area contributed by atoms with Crippen molar-refractivity contribution in [3.8, 4) is 5.75 Å². The minimum Gasteiger partial charge on any atom is -0.427 e. The van der Waals surface area contributed by atoms with Gasteiger partial charge in [0.25, 0.3) is 0 Å². The van der Waals surface area contributed by atoms with E-state index >= 15 is 0 Å². The molecule has 0 radical (unpaired) electrons. The molecule has 0 unspecified atom stereocenters. The van der Waals surface area contributed by atoms with Gasteiger partial charge >= 0.3 is 5.97 Å². The maximum Gasteiger partial charge on any atom is 0.311 e. The number of rotatable bonds is 5. The molecule has 2 heteroatoms. The lowest BCUT2D eigenvalue weighted by Crippen LogP contribution is -2.10. The lowest BCUT2D eigenvalue weighted by Gasteiger charge is -2.09. The summed E-state index contributed by atoms with van der Waals surface area (Å²) in [6.45, 7) is 8.21. The second-order valence-corrected chi connectivity index (χ2v) is 5.25. The van der Waals surface area contributed by atoms with Gasteiger partial charge in [-0.3, -0.25) is 4.79 Å². The number of esters is 1. The second-order valence-electron chi connectivity index (χ2n) is 5.25. The Kier molecular flexibility index (Phi) is 4.60. The highest BCUT2D eigenvalue weighted by atomic mass is 16.5. The van der Waals surface area contributed by atoms with Gasteiger partial charge in [-0.05, 0) is 36.0 Å². The predicted molar refractivity (Wildman–Crippen MR) is 70.1 cm³/mol. The summed E-state index contributed by atoms with van der Waals surface area (Å²) in [6, 6.07) is 5.65. The Labute approximate surface area is 105 Å². The van der Waals surface area contributed by atoms with Crippen LogP contribution < -0.4 is 4.74 Å². The van der Waals surface area contributed by atoms with E-state index in [0.29, 0.717) is 24.1 Å². The lowest BCUT2D eigenvalue weighted by atomic mass is 10.0. The van der Waals surface area contributed by atoms with Crippen LogP contribution in [0.25, 0.3) is 0 Å². The first kappa shape index (κ1) is 12.2. The molecule has 0 amide bonds. The van der Waals surface area contributed by atoms with Gasteiger partial charge in [0, 0.05) is 6.42 Å². The van der Waals surface area contributed by atoms with Crippen LogP contribution in [-0.2, 0) is 11.2 Å². The average Bonchev–Trinajstić information content (AvgIpc) is 2.12. The summed E-state index contributed by atoms with van der Waals surface area (Å²) < 4.78 is 13.0. The zero-order valence-electron chi connectivity index (χ0n) is 12.1. The number of ether oxygens (including phenoxy) is 1. The zero-order valence-corrected chi connectivity index (χ0v) is 11.1. The van der Waals surface area contributed by atoms with Gasteiger partial charge in [0.05, 0.1) is 1.37 Å². The van der Waals surface area contributed by atoms with Crippen molar-refractivity contribution < 1.29 is 10.9 Å². The molecule has 0 atom stereocenters. The Hall–Kier alpha value is -1.31. The standard InChI is InChI=1S/C15H22O2/c1-11(2)8-13-6-5-7-14(10-13)17-15(16)9-12(3)4/h5-7,10-12H,8-9H2,1-4H3/i5D. The number of carbonyl (C=O) groups excluding carboxylic acids is 1. The van der Waals surface area contributed by atoms with E-state index in [2.05, 4.69) is 13.8 Å². The third-order valence-electron chi connectivity index (χ3n) is 2.27. The molecule has 94 valence electrons. The monoisotopic (exact) mass is 235 g/mol. The van der Waals surface area contributed by atoms with Crippen molar-refractivity contribution in [2.24, 2.45) is 11.8 Å². The van der Waals surface area contributed by atoms with Crippen LogP contribution in [0.1, 0.15) is 41.0 Å². The third kappa shape index (κ3) is 5.53. The molecule has 0 heterocycles. The van der Waals surface area contributed by atoms with E-state index in [0.717, 1.165) is 12.0 Å². The van der Waals surface area contributed by atoms with E-state index in [9.17, 15) is 4.79 Å². The van der Waals surface area contributed by atoms with Crippen molar-refractivity contribution in [2.75, 3.05) is 0 Å². The normalized spacial score (nSPS) is 11.8. The van der Waals surface area contributed by atoms with Gasteiger partial charge in [0.15, 0.2) is 0 Å². The summed E-state index contributed by atoms with van der Waals surface area (Å²) in [5, 5.41) is 0. The van der Waals surface area contributed by atoms with Crippen molar-refractivity contribution in [1.82, 2.24) is 0 Å². The summed E-state index contributed by atoms with van der Waals surface area (Å²) in [4.78, 5) is 11.6. The molecule has 17 heavy (non-hydrogen) atoms. The van der Waals surface area contributed by atoms with Crippen LogP contribution in [0.5, 0.6) is 5.75 Å². The molecule has 0 aliphatic carbocycles. The van der Waals surface area contributed by atoms with Gasteiger partial charge in [-0.1, -0.05) is 39.8 Å². The molecular formula is C15H22O2. The molecule has 2 nitrogen and oxygen atoms in total. The molecule has 0 saturated heterocycles. The summed E-state index contributed by atoms with van der Waals surface area (Å²) in [7, 11) is 0. The number of hydrogen-bond donors (Lipinski definition) is 0. The molecule has 1 aromatic rings. The molecule has 0 aliphatic heterocycles. The second kappa shape index (κ2) is 6.43. The van der Waals surface area contributed by atoms with E-state index in [1.165, 1.54) is 0 Å². The minimum atomic E-state index is -0.230. The Bertz CT molecular complexity index is 411. The highest BCUT2D eigenvalue weighted by Gasteiger charge is 2.08. The lowest BCUT2D eigenvalue weighted by molar-refractivity contribution is -0.135. The molecule has 0 saturated carbocycles. The van der Waals surface area contributed by atoms with Gasteiger partial charge in [-0.2, -0.15) is 0 Å². The fourth-order valence-corrected chi connectivity index (χ4v) is 1.65. The van der Waals surface area contributed by atoms with Crippen LogP contribution >= 0.6 is 0 Å². The topological polar surface area (TPSA) is 26.3 Å². The third-order valence-corrected chi connectivity index (χ3v) is 2.27. The average molecular weight is 235 g/mol. The molecule has 0 spiro atoms. The maximum atomic E-state index is 11.6. The number of carbonyl (C=O) groups is 1. The van der Waals surface area contributed by atoms with Crippen LogP contribution in [-0.4, -0.2) is 5.97 Å². The van der Waals surface area contributed by atoms with Gasteiger partial charge in [-0.15, -0.1) is 0 Å². The van der Waals surface area contributed by atoms with Crippen molar-refractivity contribution in [1.29, 1.82) is 0 Å². The maximum absolute atomic E-state index is 11.6. The van der Waals surface area contributed by atoms with Crippen LogP contribution in [0.4, 0.5) is 0 Å². The molecular weight excluding hydrogens is 212 g/mol.